The molecular formula is C27H39N3O3S. The second-order valence-electron chi connectivity index (χ2n) is 8.71. The van der Waals surface area contributed by atoms with E-state index >= 15 is 0 Å². The normalized spacial score (nSPS) is 12.6. The SMILES string of the molecule is CCCCCCCCCCCCC(=N/O)/C(=N/NS(=O)(=O)c1ccc(C)cc1)c1ccccc1. The van der Waals surface area contributed by atoms with Crippen LogP contribution < -0.4 is 4.83 Å². The van der Waals surface area contributed by atoms with Crippen LogP contribution in [0.5, 0.6) is 0 Å². The number of hydrazone groups is 1. The summed E-state index contributed by atoms with van der Waals surface area (Å²) in [6.07, 6.45) is 12.6. The molecule has 2 N–H and O–H groups in total. The molecule has 7 heteroatoms. The maximum atomic E-state index is 12.7. The number of unbranched alkanes of at least 4 members (excludes halogenated alkanes) is 9. The second kappa shape index (κ2) is 15.3. The number of hydrogen-bond donors (Lipinski definition) is 2. The molecule has 0 saturated carbocycles. The fourth-order valence-corrected chi connectivity index (χ4v) is 4.57. The summed E-state index contributed by atoms with van der Waals surface area (Å²) in [6.45, 7) is 4.13. The maximum absolute atomic E-state index is 12.7. The molecule has 0 aliphatic carbocycles. The maximum Gasteiger partial charge on any atom is 0.276 e. The van der Waals surface area contributed by atoms with Gasteiger partial charge < -0.3 is 5.21 Å². The van der Waals surface area contributed by atoms with Crippen LogP contribution in [0.2, 0.25) is 0 Å². The van der Waals surface area contributed by atoms with Gasteiger partial charge in [-0.3, -0.25) is 0 Å². The van der Waals surface area contributed by atoms with Gasteiger partial charge in [0.05, 0.1) is 4.90 Å². The molecule has 34 heavy (non-hydrogen) atoms. The van der Waals surface area contributed by atoms with Crippen molar-refractivity contribution in [3.8, 4) is 0 Å². The molecule has 0 atom stereocenters. The lowest BCUT2D eigenvalue weighted by Crippen LogP contribution is -2.24. The summed E-state index contributed by atoms with van der Waals surface area (Å²) in [5, 5.41) is 17.4. The van der Waals surface area contributed by atoms with Crippen LogP contribution in [0.4, 0.5) is 0 Å². The molecule has 0 heterocycles. The zero-order valence-corrected chi connectivity index (χ0v) is 21.4. The standard InChI is InChI=1S/C27H39N3O3S/c1-3-4-5-6-7-8-9-10-11-15-18-26(29-31)27(24-16-13-12-14-17-24)28-30-34(32,33)25-21-19-23(2)20-22-25/h12-14,16-17,19-22,30-31H,3-11,15,18H2,1-2H3/b28-27+,29-26-. The van der Waals surface area contributed by atoms with E-state index in [1.165, 1.54) is 44.9 Å². The molecule has 6 nitrogen and oxygen atoms in total. The summed E-state index contributed by atoms with van der Waals surface area (Å²) in [5.74, 6) is 0. The lowest BCUT2D eigenvalue weighted by molar-refractivity contribution is 0.318. The Morgan fingerprint density at radius 1 is 0.824 bits per heavy atom. The van der Waals surface area contributed by atoms with E-state index < -0.39 is 10.0 Å². The Hall–Kier alpha value is -2.67. The molecule has 0 radical (unpaired) electrons. The summed E-state index contributed by atoms with van der Waals surface area (Å²) >= 11 is 0. The number of nitrogens with zero attached hydrogens (tertiary/aromatic N) is 2. The van der Waals surface area contributed by atoms with Crippen LogP contribution in [0.3, 0.4) is 0 Å². The van der Waals surface area contributed by atoms with E-state index in [1.807, 2.05) is 37.3 Å². The molecule has 0 spiro atoms. The molecule has 0 fully saturated rings. The van der Waals surface area contributed by atoms with E-state index in [4.69, 9.17) is 0 Å². The number of oxime groups is 1. The van der Waals surface area contributed by atoms with Crippen molar-refractivity contribution in [2.75, 3.05) is 0 Å². The predicted molar refractivity (Wildman–Crippen MR) is 140 cm³/mol. The van der Waals surface area contributed by atoms with Crippen LogP contribution in [0.15, 0.2) is 69.7 Å². The van der Waals surface area contributed by atoms with E-state index in [-0.39, 0.29) is 4.90 Å². The topological polar surface area (TPSA) is 91.1 Å². The van der Waals surface area contributed by atoms with Crippen molar-refractivity contribution in [3.05, 3.63) is 65.7 Å². The highest BCUT2D eigenvalue weighted by atomic mass is 32.2. The van der Waals surface area contributed by atoms with Gasteiger partial charge in [-0.1, -0.05) is 118 Å². The molecule has 186 valence electrons. The molecule has 2 aromatic rings. The molecule has 0 unspecified atom stereocenters. The number of aryl methyl sites for hydroxylation is 1. The minimum Gasteiger partial charge on any atom is -0.411 e. The smallest absolute Gasteiger partial charge is 0.276 e. The third-order valence-electron chi connectivity index (χ3n) is 5.82. The number of hydrogen-bond acceptors (Lipinski definition) is 5. The third kappa shape index (κ3) is 9.67. The highest BCUT2D eigenvalue weighted by Gasteiger charge is 2.17. The Morgan fingerprint density at radius 2 is 1.38 bits per heavy atom. The summed E-state index contributed by atoms with van der Waals surface area (Å²) in [5.41, 5.74) is 2.36. The number of rotatable bonds is 16. The van der Waals surface area contributed by atoms with Crippen molar-refractivity contribution in [2.24, 2.45) is 10.3 Å². The van der Waals surface area contributed by atoms with Crippen LogP contribution in [-0.4, -0.2) is 25.0 Å². The fraction of sp³-hybridized carbons (Fsp3) is 0.481. The summed E-state index contributed by atoms with van der Waals surface area (Å²) in [6, 6.07) is 15.8. The van der Waals surface area contributed by atoms with Gasteiger partial charge in [0.25, 0.3) is 10.0 Å². The second-order valence-corrected chi connectivity index (χ2v) is 10.4. The van der Waals surface area contributed by atoms with E-state index in [0.717, 1.165) is 24.8 Å². The molecule has 2 aromatic carbocycles. The largest absolute Gasteiger partial charge is 0.411 e. The summed E-state index contributed by atoms with van der Waals surface area (Å²) in [4.78, 5) is 2.45. The van der Waals surface area contributed by atoms with Gasteiger partial charge in [0.2, 0.25) is 0 Å². The first-order valence-corrected chi connectivity index (χ1v) is 13.9. The van der Waals surface area contributed by atoms with Crippen molar-refractivity contribution >= 4 is 21.4 Å². The molecule has 0 aliphatic heterocycles. The van der Waals surface area contributed by atoms with Gasteiger partial charge in [-0.15, -0.1) is 0 Å². The van der Waals surface area contributed by atoms with Gasteiger partial charge in [0.15, 0.2) is 0 Å². The Kier molecular flexibility index (Phi) is 12.4. The van der Waals surface area contributed by atoms with Crippen molar-refractivity contribution < 1.29 is 13.6 Å². The van der Waals surface area contributed by atoms with Crippen molar-refractivity contribution in [3.63, 3.8) is 0 Å². The average molecular weight is 486 g/mol. The Morgan fingerprint density at radius 3 is 1.94 bits per heavy atom. The van der Waals surface area contributed by atoms with Gasteiger partial charge in [0, 0.05) is 5.56 Å². The lowest BCUT2D eigenvalue weighted by atomic mass is 10.00. The van der Waals surface area contributed by atoms with E-state index in [1.54, 1.807) is 24.3 Å². The number of nitrogens with one attached hydrogen (secondary N) is 1. The molecule has 0 aliphatic rings. The third-order valence-corrected chi connectivity index (χ3v) is 7.04. The molecule has 0 bridgehead atoms. The highest BCUT2D eigenvalue weighted by Crippen LogP contribution is 2.14. The monoisotopic (exact) mass is 485 g/mol. The van der Waals surface area contributed by atoms with Gasteiger partial charge in [0.1, 0.15) is 11.4 Å². The van der Waals surface area contributed by atoms with Crippen LogP contribution in [-0.2, 0) is 10.0 Å². The average Bonchev–Trinajstić information content (AvgIpc) is 2.84. The molecule has 0 amide bonds. The first-order chi connectivity index (χ1) is 16.5. The zero-order valence-electron chi connectivity index (χ0n) is 20.5. The summed E-state index contributed by atoms with van der Waals surface area (Å²) < 4.78 is 25.4. The molecule has 0 saturated heterocycles. The number of sulfonamides is 1. The van der Waals surface area contributed by atoms with E-state index in [2.05, 4.69) is 22.0 Å². The first-order valence-electron chi connectivity index (χ1n) is 12.4. The predicted octanol–water partition coefficient (Wildman–Crippen LogP) is 6.82. The van der Waals surface area contributed by atoms with Crippen LogP contribution in [0.25, 0.3) is 0 Å². The van der Waals surface area contributed by atoms with Crippen LogP contribution in [0, 0.1) is 6.92 Å². The van der Waals surface area contributed by atoms with Gasteiger partial charge >= 0.3 is 0 Å². The van der Waals surface area contributed by atoms with Crippen molar-refractivity contribution in [1.82, 2.24) is 4.83 Å². The molecule has 2 rings (SSSR count). The van der Waals surface area contributed by atoms with Gasteiger partial charge in [-0.05, 0) is 31.9 Å². The van der Waals surface area contributed by atoms with Crippen molar-refractivity contribution in [1.29, 1.82) is 0 Å². The zero-order chi connectivity index (χ0) is 24.7. The Labute approximate surface area is 205 Å². The van der Waals surface area contributed by atoms with Gasteiger partial charge in [-0.25, -0.2) is 0 Å². The van der Waals surface area contributed by atoms with Crippen LogP contribution in [0.1, 0.15) is 88.7 Å². The van der Waals surface area contributed by atoms with E-state index in [9.17, 15) is 13.6 Å². The molecular weight excluding hydrogens is 446 g/mol. The highest BCUT2D eigenvalue weighted by molar-refractivity contribution is 7.89. The lowest BCUT2D eigenvalue weighted by Gasteiger charge is -2.11. The van der Waals surface area contributed by atoms with Crippen LogP contribution >= 0.6 is 0 Å². The fourth-order valence-electron chi connectivity index (χ4n) is 3.76. The Bertz CT molecular complexity index is 1000. The van der Waals surface area contributed by atoms with E-state index in [0.29, 0.717) is 23.4 Å². The minimum atomic E-state index is -3.84. The minimum absolute atomic E-state index is 0.131. The molecule has 0 aromatic heterocycles. The quantitative estimate of drug-likeness (QED) is 0.118. The first kappa shape index (κ1) is 27.6. The number of benzene rings is 2. The summed E-state index contributed by atoms with van der Waals surface area (Å²) in [7, 11) is -3.84. The Balaban J connectivity index is 1.97. The van der Waals surface area contributed by atoms with Crippen molar-refractivity contribution in [2.45, 2.75) is 89.4 Å². The van der Waals surface area contributed by atoms with Gasteiger partial charge in [-0.2, -0.15) is 18.4 Å².